The summed E-state index contributed by atoms with van der Waals surface area (Å²) in [7, 11) is 0. The molecule has 0 bridgehead atoms. The molecular formula is C12H13F5N2O3. The van der Waals surface area contributed by atoms with Gasteiger partial charge in [-0.1, -0.05) is 0 Å². The Kier molecular flexibility index (Phi) is 6.03. The summed E-state index contributed by atoms with van der Waals surface area (Å²) in [5.74, 6) is -1.96. The number of esters is 1. The lowest BCUT2D eigenvalue weighted by Gasteiger charge is -2.15. The number of ether oxygens (including phenoxy) is 2. The number of nitrogens with two attached hydrogens (primary N) is 1. The Bertz CT molecular complexity index is 534. The van der Waals surface area contributed by atoms with E-state index in [2.05, 4.69) is 14.5 Å². The van der Waals surface area contributed by atoms with Crippen molar-refractivity contribution in [1.82, 2.24) is 4.98 Å². The Morgan fingerprint density at radius 3 is 2.45 bits per heavy atom. The van der Waals surface area contributed by atoms with E-state index < -0.39 is 36.8 Å². The van der Waals surface area contributed by atoms with Gasteiger partial charge in [0, 0.05) is 12.1 Å². The van der Waals surface area contributed by atoms with Gasteiger partial charge in [-0.05, 0) is 18.6 Å². The second kappa shape index (κ2) is 7.34. The van der Waals surface area contributed by atoms with Crippen LogP contribution in [-0.2, 0) is 22.5 Å². The predicted molar refractivity (Wildman–Crippen MR) is 64.1 cm³/mol. The quantitative estimate of drug-likeness (QED) is 0.641. The third-order valence-electron chi connectivity index (χ3n) is 2.45. The first-order valence-corrected chi connectivity index (χ1v) is 6.10. The first kappa shape index (κ1) is 18.1. The zero-order valence-corrected chi connectivity index (χ0v) is 11.4. The van der Waals surface area contributed by atoms with Gasteiger partial charge >= 0.3 is 12.3 Å². The molecule has 0 spiro atoms. The maximum Gasteiger partial charge on any atom is 0.574 e. The third-order valence-corrected chi connectivity index (χ3v) is 2.45. The smallest absolute Gasteiger partial charge is 0.466 e. The number of carbonyl (C=O) groups excluding carboxylic acids is 1. The number of hydrogen-bond donors (Lipinski definition) is 1. The van der Waals surface area contributed by atoms with Gasteiger partial charge in [0.25, 0.3) is 6.43 Å². The van der Waals surface area contributed by atoms with Crippen LogP contribution in [0, 0.1) is 0 Å². The van der Waals surface area contributed by atoms with E-state index in [0.717, 1.165) is 6.07 Å². The van der Waals surface area contributed by atoms with Gasteiger partial charge in [0.2, 0.25) is 5.88 Å². The van der Waals surface area contributed by atoms with Gasteiger partial charge in [0.05, 0.1) is 13.0 Å². The van der Waals surface area contributed by atoms with Gasteiger partial charge in [0.15, 0.2) is 0 Å². The topological polar surface area (TPSA) is 74.4 Å². The molecule has 124 valence electrons. The number of carbonyl (C=O) groups is 1. The first-order chi connectivity index (χ1) is 10.2. The molecule has 0 aliphatic heterocycles. The van der Waals surface area contributed by atoms with Crippen molar-refractivity contribution in [2.45, 2.75) is 32.7 Å². The molecule has 1 aromatic rings. The van der Waals surface area contributed by atoms with E-state index in [0.29, 0.717) is 0 Å². The largest absolute Gasteiger partial charge is 0.574 e. The fraction of sp³-hybridized carbons (Fsp3) is 0.500. The molecule has 0 atom stereocenters. The lowest BCUT2D eigenvalue weighted by atomic mass is 10.1. The molecule has 0 unspecified atom stereocenters. The number of alkyl halides is 5. The molecule has 1 rings (SSSR count). The van der Waals surface area contributed by atoms with Crippen LogP contribution in [0.3, 0.4) is 0 Å². The van der Waals surface area contributed by atoms with Crippen molar-refractivity contribution in [2.75, 3.05) is 6.61 Å². The van der Waals surface area contributed by atoms with Crippen LogP contribution in [-0.4, -0.2) is 23.9 Å². The maximum absolute atomic E-state index is 12.8. The molecule has 0 aromatic carbocycles. The molecule has 0 radical (unpaired) electrons. The molecule has 0 amide bonds. The second-order valence-corrected chi connectivity index (χ2v) is 4.03. The van der Waals surface area contributed by atoms with E-state index in [9.17, 15) is 26.7 Å². The minimum Gasteiger partial charge on any atom is -0.466 e. The Hall–Kier alpha value is -1.97. The number of pyridine rings is 1. The van der Waals surface area contributed by atoms with Crippen LogP contribution in [0.15, 0.2) is 6.07 Å². The number of hydrogen-bond acceptors (Lipinski definition) is 5. The average Bonchev–Trinajstić information content (AvgIpc) is 2.38. The fourth-order valence-electron chi connectivity index (χ4n) is 1.64. The highest BCUT2D eigenvalue weighted by atomic mass is 19.4. The normalized spacial score (nSPS) is 11.6. The van der Waals surface area contributed by atoms with Gasteiger partial charge in [0.1, 0.15) is 5.69 Å². The van der Waals surface area contributed by atoms with Crippen LogP contribution in [0.2, 0.25) is 0 Å². The molecule has 0 fully saturated rings. The maximum atomic E-state index is 12.8. The number of rotatable bonds is 6. The molecule has 5 nitrogen and oxygen atoms in total. The zero-order chi connectivity index (χ0) is 16.9. The lowest BCUT2D eigenvalue weighted by Crippen LogP contribution is -2.21. The molecule has 0 saturated heterocycles. The fourth-order valence-corrected chi connectivity index (χ4v) is 1.64. The summed E-state index contributed by atoms with van der Waals surface area (Å²) in [5, 5.41) is 0. The van der Waals surface area contributed by atoms with Crippen LogP contribution in [0.1, 0.15) is 30.2 Å². The number of aromatic nitrogens is 1. The third kappa shape index (κ3) is 5.10. The molecule has 10 heteroatoms. The summed E-state index contributed by atoms with van der Waals surface area (Å²) in [5.41, 5.74) is 3.84. The summed E-state index contributed by atoms with van der Waals surface area (Å²) in [6.07, 6.45) is -8.88. The Balaban J connectivity index is 3.28. The Morgan fingerprint density at radius 1 is 1.36 bits per heavy atom. The molecule has 0 aliphatic rings. The SMILES string of the molecule is CCOC(=O)Cc1cc(CN)c(C(F)F)nc1OC(F)(F)F. The summed E-state index contributed by atoms with van der Waals surface area (Å²) in [6, 6.07) is 0.937. The highest BCUT2D eigenvalue weighted by Crippen LogP contribution is 2.30. The van der Waals surface area contributed by atoms with Crippen LogP contribution in [0.25, 0.3) is 0 Å². The lowest BCUT2D eigenvalue weighted by molar-refractivity contribution is -0.276. The summed E-state index contributed by atoms with van der Waals surface area (Å²) in [6.45, 7) is 1.14. The predicted octanol–water partition coefficient (Wildman–Crippen LogP) is 2.48. The van der Waals surface area contributed by atoms with Crippen molar-refractivity contribution in [3.8, 4) is 5.88 Å². The summed E-state index contributed by atoms with van der Waals surface area (Å²) in [4.78, 5) is 14.5. The number of halogens is 5. The average molecular weight is 328 g/mol. The first-order valence-electron chi connectivity index (χ1n) is 6.10. The van der Waals surface area contributed by atoms with Gasteiger partial charge in [-0.2, -0.15) is 0 Å². The van der Waals surface area contributed by atoms with Gasteiger partial charge in [-0.15, -0.1) is 13.2 Å². The van der Waals surface area contributed by atoms with Gasteiger partial charge < -0.3 is 15.2 Å². The summed E-state index contributed by atoms with van der Waals surface area (Å²) < 4.78 is 70.8. The summed E-state index contributed by atoms with van der Waals surface area (Å²) >= 11 is 0. The molecule has 22 heavy (non-hydrogen) atoms. The van der Waals surface area contributed by atoms with Gasteiger partial charge in [-0.3, -0.25) is 4.79 Å². The second-order valence-electron chi connectivity index (χ2n) is 4.03. The van der Waals surface area contributed by atoms with Crippen molar-refractivity contribution < 1.29 is 36.2 Å². The van der Waals surface area contributed by atoms with Crippen molar-refractivity contribution >= 4 is 5.97 Å². The Labute approximate surface area is 122 Å². The minimum absolute atomic E-state index is 0.0145. The monoisotopic (exact) mass is 328 g/mol. The minimum atomic E-state index is -5.14. The molecule has 2 N–H and O–H groups in total. The Morgan fingerprint density at radius 2 is 2.00 bits per heavy atom. The molecule has 0 aliphatic carbocycles. The van der Waals surface area contributed by atoms with Crippen LogP contribution in [0.5, 0.6) is 5.88 Å². The standard InChI is InChI=1S/C12H13F5N2O3/c1-2-21-8(20)4-6-3-7(5-18)9(10(13)14)19-11(6)22-12(15,16)17/h3,10H,2,4-5,18H2,1H3. The van der Waals surface area contributed by atoms with E-state index in [4.69, 9.17) is 5.73 Å². The van der Waals surface area contributed by atoms with E-state index in [1.165, 1.54) is 6.92 Å². The van der Waals surface area contributed by atoms with Crippen molar-refractivity contribution in [3.05, 3.63) is 22.9 Å². The van der Waals surface area contributed by atoms with E-state index in [1.807, 2.05) is 0 Å². The van der Waals surface area contributed by atoms with Crippen LogP contribution < -0.4 is 10.5 Å². The number of nitrogens with zero attached hydrogens (tertiary/aromatic N) is 1. The van der Waals surface area contributed by atoms with E-state index >= 15 is 0 Å². The van der Waals surface area contributed by atoms with Crippen molar-refractivity contribution in [2.24, 2.45) is 5.73 Å². The highest BCUT2D eigenvalue weighted by molar-refractivity contribution is 5.73. The zero-order valence-electron chi connectivity index (χ0n) is 11.4. The van der Waals surface area contributed by atoms with Gasteiger partial charge in [-0.25, -0.2) is 13.8 Å². The van der Waals surface area contributed by atoms with E-state index in [1.54, 1.807) is 0 Å². The van der Waals surface area contributed by atoms with Crippen molar-refractivity contribution in [1.29, 1.82) is 0 Å². The van der Waals surface area contributed by atoms with E-state index in [-0.39, 0.29) is 24.3 Å². The molecule has 0 saturated carbocycles. The molecule has 1 aromatic heterocycles. The van der Waals surface area contributed by atoms with Crippen molar-refractivity contribution in [3.63, 3.8) is 0 Å². The highest BCUT2D eigenvalue weighted by Gasteiger charge is 2.34. The molecule has 1 heterocycles. The van der Waals surface area contributed by atoms with Crippen LogP contribution >= 0.6 is 0 Å². The molecular weight excluding hydrogens is 315 g/mol. The van der Waals surface area contributed by atoms with Crippen LogP contribution in [0.4, 0.5) is 22.0 Å².